The van der Waals surface area contributed by atoms with Crippen molar-refractivity contribution < 1.29 is 9.90 Å². The number of carbonyl (C=O) groups is 1. The first-order valence-corrected chi connectivity index (χ1v) is 5.67. The van der Waals surface area contributed by atoms with Gasteiger partial charge in [-0.3, -0.25) is 14.3 Å². The second-order valence-corrected chi connectivity index (χ2v) is 5.18. The van der Waals surface area contributed by atoms with Crippen LogP contribution in [0, 0.1) is 0 Å². The first kappa shape index (κ1) is 13.0. The molecule has 100 valence electrons. The average molecular weight is 262 g/mol. The lowest BCUT2D eigenvalue weighted by Crippen LogP contribution is -2.21. The fraction of sp³-hybridized carbons (Fsp3) is 0.333. The Kier molecular flexibility index (Phi) is 2.97. The van der Waals surface area contributed by atoms with Crippen LogP contribution in [-0.2, 0) is 5.41 Å². The zero-order chi connectivity index (χ0) is 14.2. The zero-order valence-electron chi connectivity index (χ0n) is 10.8. The number of hydrogen-bond donors (Lipinski definition) is 2. The Balaban J connectivity index is 2.53. The van der Waals surface area contributed by atoms with E-state index < -0.39 is 5.97 Å². The van der Waals surface area contributed by atoms with Gasteiger partial charge in [0.2, 0.25) is 5.95 Å². The topological polar surface area (TPSA) is 101 Å². The zero-order valence-corrected chi connectivity index (χ0v) is 10.8. The summed E-state index contributed by atoms with van der Waals surface area (Å²) in [5.74, 6) is -0.884. The number of nitrogens with one attached hydrogen (secondary N) is 1. The summed E-state index contributed by atoms with van der Waals surface area (Å²) in [6.45, 7) is 5.82. The Morgan fingerprint density at radius 3 is 2.63 bits per heavy atom. The molecule has 2 aromatic rings. The van der Waals surface area contributed by atoms with E-state index in [1.54, 1.807) is 0 Å². The molecule has 0 bridgehead atoms. The maximum Gasteiger partial charge on any atom is 0.356 e. The Hall–Kier alpha value is -2.44. The molecule has 0 radical (unpaired) electrons. The van der Waals surface area contributed by atoms with Crippen LogP contribution < -0.4 is 5.56 Å². The van der Waals surface area contributed by atoms with Crippen LogP contribution in [-0.4, -0.2) is 30.6 Å². The van der Waals surface area contributed by atoms with Crippen molar-refractivity contribution in [3.05, 3.63) is 40.3 Å². The van der Waals surface area contributed by atoms with Gasteiger partial charge in [0.1, 0.15) is 6.33 Å². The molecule has 2 heterocycles. The van der Waals surface area contributed by atoms with Crippen LogP contribution in [0.4, 0.5) is 0 Å². The van der Waals surface area contributed by atoms with E-state index in [0.29, 0.717) is 5.69 Å². The van der Waals surface area contributed by atoms with E-state index >= 15 is 0 Å². The first-order valence-electron chi connectivity index (χ1n) is 5.67. The van der Waals surface area contributed by atoms with Gasteiger partial charge in [0.05, 0.1) is 5.69 Å². The number of H-pyrrole nitrogens is 1. The van der Waals surface area contributed by atoms with Crippen LogP contribution in [0.5, 0.6) is 0 Å². The van der Waals surface area contributed by atoms with Crippen LogP contribution in [0.3, 0.4) is 0 Å². The Bertz CT molecular complexity index is 679. The van der Waals surface area contributed by atoms with Crippen molar-refractivity contribution in [2.24, 2.45) is 0 Å². The van der Waals surface area contributed by atoms with Gasteiger partial charge in [-0.2, -0.15) is 0 Å². The molecule has 0 fully saturated rings. The van der Waals surface area contributed by atoms with Gasteiger partial charge in [-0.15, -0.1) is 0 Å². The summed E-state index contributed by atoms with van der Waals surface area (Å²) in [6, 6.07) is 1.43. The number of nitrogens with zero attached hydrogens (tertiary/aromatic N) is 3. The predicted octanol–water partition coefficient (Wildman–Crippen LogP) is 0.951. The van der Waals surface area contributed by atoms with E-state index in [2.05, 4.69) is 15.0 Å². The third kappa shape index (κ3) is 2.70. The van der Waals surface area contributed by atoms with Crippen LogP contribution in [0.2, 0.25) is 0 Å². The molecule has 2 aromatic heterocycles. The average Bonchev–Trinajstić information content (AvgIpc) is 2.76. The minimum Gasteiger partial charge on any atom is -0.476 e. The number of aromatic carboxylic acids is 1. The van der Waals surface area contributed by atoms with E-state index in [1.807, 2.05) is 20.8 Å². The fourth-order valence-electron chi connectivity index (χ4n) is 1.50. The smallest absolute Gasteiger partial charge is 0.356 e. The van der Waals surface area contributed by atoms with Crippen LogP contribution in [0.25, 0.3) is 5.95 Å². The Labute approximate surface area is 109 Å². The highest BCUT2D eigenvalue weighted by Crippen LogP contribution is 2.18. The molecular formula is C12H14N4O3. The monoisotopic (exact) mass is 262 g/mol. The number of imidazole rings is 1. The van der Waals surface area contributed by atoms with E-state index in [-0.39, 0.29) is 22.6 Å². The molecule has 2 rings (SSSR count). The van der Waals surface area contributed by atoms with E-state index in [4.69, 9.17) is 5.11 Å². The summed E-state index contributed by atoms with van der Waals surface area (Å²) in [4.78, 5) is 33.0. The van der Waals surface area contributed by atoms with Gasteiger partial charge in [0, 0.05) is 17.7 Å². The quantitative estimate of drug-likeness (QED) is 0.839. The van der Waals surface area contributed by atoms with Gasteiger partial charge in [0.15, 0.2) is 5.69 Å². The highest BCUT2D eigenvalue weighted by atomic mass is 16.4. The standard InChI is InChI=1S/C12H14N4O3/c1-12(2,3)8-4-9(17)15-11(14-8)16-5-7(10(18)19)13-6-16/h4-6H,1-3H3,(H,18,19)(H,14,15,17). The van der Waals surface area contributed by atoms with Crippen molar-refractivity contribution in [1.29, 1.82) is 0 Å². The highest BCUT2D eigenvalue weighted by Gasteiger charge is 2.18. The third-order valence-corrected chi connectivity index (χ3v) is 2.54. The van der Waals surface area contributed by atoms with Gasteiger partial charge < -0.3 is 5.11 Å². The van der Waals surface area contributed by atoms with Gasteiger partial charge in [0.25, 0.3) is 5.56 Å². The van der Waals surface area contributed by atoms with Crippen LogP contribution in [0.15, 0.2) is 23.4 Å². The molecule has 0 amide bonds. The number of aromatic amines is 1. The summed E-state index contributed by atoms with van der Waals surface area (Å²) in [5, 5.41) is 8.82. The summed E-state index contributed by atoms with van der Waals surface area (Å²) in [6.07, 6.45) is 2.60. The highest BCUT2D eigenvalue weighted by molar-refractivity contribution is 5.85. The van der Waals surface area contributed by atoms with Crippen LogP contribution in [0.1, 0.15) is 37.0 Å². The van der Waals surface area contributed by atoms with E-state index in [0.717, 1.165) is 0 Å². The lowest BCUT2D eigenvalue weighted by Gasteiger charge is -2.17. The summed E-state index contributed by atoms with van der Waals surface area (Å²) in [7, 11) is 0. The molecular weight excluding hydrogens is 248 g/mol. The number of aromatic nitrogens is 4. The lowest BCUT2D eigenvalue weighted by molar-refractivity contribution is 0.0691. The fourth-order valence-corrected chi connectivity index (χ4v) is 1.50. The molecule has 0 saturated heterocycles. The van der Waals surface area contributed by atoms with Gasteiger partial charge in [-0.05, 0) is 0 Å². The maximum absolute atomic E-state index is 11.6. The molecule has 0 unspecified atom stereocenters. The van der Waals surface area contributed by atoms with Crippen LogP contribution >= 0.6 is 0 Å². The maximum atomic E-state index is 11.6. The number of hydrogen-bond acceptors (Lipinski definition) is 4. The molecule has 0 aromatic carbocycles. The van der Waals surface area contributed by atoms with Gasteiger partial charge in [-0.25, -0.2) is 14.8 Å². The Morgan fingerprint density at radius 1 is 1.42 bits per heavy atom. The molecule has 0 aliphatic carbocycles. The van der Waals surface area contributed by atoms with Crippen molar-refractivity contribution >= 4 is 5.97 Å². The first-order chi connectivity index (χ1) is 8.77. The number of carboxylic acid groups (broad SMARTS) is 1. The largest absolute Gasteiger partial charge is 0.476 e. The minimum atomic E-state index is -1.13. The van der Waals surface area contributed by atoms with E-state index in [9.17, 15) is 9.59 Å². The third-order valence-electron chi connectivity index (χ3n) is 2.54. The van der Waals surface area contributed by atoms with Crippen molar-refractivity contribution in [1.82, 2.24) is 19.5 Å². The molecule has 7 heteroatoms. The Morgan fingerprint density at radius 2 is 2.11 bits per heavy atom. The summed E-state index contributed by atoms with van der Waals surface area (Å²) >= 11 is 0. The molecule has 0 aliphatic heterocycles. The second-order valence-electron chi connectivity index (χ2n) is 5.18. The summed E-state index contributed by atoms with van der Waals surface area (Å²) < 4.78 is 1.38. The van der Waals surface area contributed by atoms with Gasteiger partial charge >= 0.3 is 5.97 Å². The molecule has 0 saturated carbocycles. The number of carboxylic acids is 1. The minimum absolute atomic E-state index is 0.108. The molecule has 19 heavy (non-hydrogen) atoms. The van der Waals surface area contributed by atoms with Gasteiger partial charge in [-0.1, -0.05) is 20.8 Å². The SMILES string of the molecule is CC(C)(C)c1cc(=O)[nH]c(-n2cnc(C(=O)O)c2)n1. The van der Waals surface area contributed by atoms with Crippen molar-refractivity contribution in [2.75, 3.05) is 0 Å². The predicted molar refractivity (Wildman–Crippen MR) is 67.6 cm³/mol. The van der Waals surface area contributed by atoms with E-state index in [1.165, 1.54) is 23.2 Å². The normalized spacial score (nSPS) is 11.5. The molecule has 0 atom stereocenters. The number of rotatable bonds is 2. The summed E-state index contributed by atoms with van der Waals surface area (Å²) in [5.41, 5.74) is -0.0553. The second kappa shape index (κ2) is 4.34. The van der Waals surface area contributed by atoms with Crippen molar-refractivity contribution in [2.45, 2.75) is 26.2 Å². The molecule has 0 spiro atoms. The molecule has 0 aliphatic rings. The molecule has 7 nitrogen and oxygen atoms in total. The van der Waals surface area contributed by atoms with Crippen molar-refractivity contribution in [3.8, 4) is 5.95 Å². The lowest BCUT2D eigenvalue weighted by atomic mass is 9.92. The van der Waals surface area contributed by atoms with Crippen molar-refractivity contribution in [3.63, 3.8) is 0 Å². The molecule has 2 N–H and O–H groups in total.